The molecule has 0 aliphatic heterocycles. The van der Waals surface area contributed by atoms with Crippen molar-refractivity contribution in [3.8, 4) is 5.75 Å². The molecule has 1 N–H and O–H groups in total. The van der Waals surface area contributed by atoms with Crippen LogP contribution in [0.2, 0.25) is 0 Å². The third-order valence-electron chi connectivity index (χ3n) is 2.74. The van der Waals surface area contributed by atoms with E-state index in [9.17, 15) is 17.9 Å². The molecular formula is C13H19FO4S. The van der Waals surface area contributed by atoms with Crippen molar-refractivity contribution in [2.75, 3.05) is 18.1 Å². The molecule has 0 saturated carbocycles. The van der Waals surface area contributed by atoms with Crippen molar-refractivity contribution >= 4 is 9.84 Å². The molecule has 1 atom stereocenters. The van der Waals surface area contributed by atoms with Crippen LogP contribution in [-0.2, 0) is 9.84 Å². The topological polar surface area (TPSA) is 63.6 Å². The van der Waals surface area contributed by atoms with E-state index < -0.39 is 21.8 Å². The molecule has 4 nitrogen and oxygen atoms in total. The summed E-state index contributed by atoms with van der Waals surface area (Å²) in [5.74, 6) is -0.350. The quantitative estimate of drug-likeness (QED) is 0.781. The number of aliphatic hydroxyl groups excluding tert-OH is 1. The van der Waals surface area contributed by atoms with E-state index in [4.69, 9.17) is 4.74 Å². The van der Waals surface area contributed by atoms with Crippen molar-refractivity contribution in [3.63, 3.8) is 0 Å². The largest absolute Gasteiger partial charge is 0.490 e. The van der Waals surface area contributed by atoms with Gasteiger partial charge in [-0.25, -0.2) is 12.8 Å². The van der Waals surface area contributed by atoms with Crippen LogP contribution in [0.25, 0.3) is 0 Å². The summed E-state index contributed by atoms with van der Waals surface area (Å²) >= 11 is 0. The fourth-order valence-electron chi connectivity index (χ4n) is 1.50. The average Bonchev–Trinajstić information content (AvgIpc) is 2.36. The van der Waals surface area contributed by atoms with Crippen molar-refractivity contribution in [2.24, 2.45) is 0 Å². The molecule has 0 saturated heterocycles. The molecule has 1 aromatic carbocycles. The van der Waals surface area contributed by atoms with E-state index in [-0.39, 0.29) is 23.9 Å². The minimum atomic E-state index is -3.01. The van der Waals surface area contributed by atoms with Gasteiger partial charge >= 0.3 is 0 Å². The number of aliphatic hydroxyl groups is 1. The van der Waals surface area contributed by atoms with Crippen LogP contribution in [0.1, 0.15) is 31.9 Å². The second-order valence-electron chi connectivity index (χ2n) is 4.30. The number of benzene rings is 1. The van der Waals surface area contributed by atoms with E-state index in [1.807, 2.05) is 0 Å². The summed E-state index contributed by atoms with van der Waals surface area (Å²) in [6.07, 6.45) is -0.411. The maximum Gasteiger partial charge on any atom is 0.165 e. The molecule has 0 aromatic heterocycles. The van der Waals surface area contributed by atoms with Gasteiger partial charge in [0.25, 0.3) is 0 Å². The zero-order valence-electron chi connectivity index (χ0n) is 11.1. The van der Waals surface area contributed by atoms with Gasteiger partial charge in [-0.2, -0.15) is 0 Å². The maximum atomic E-state index is 13.6. The summed E-state index contributed by atoms with van der Waals surface area (Å²) in [7, 11) is -3.01. The average molecular weight is 290 g/mol. The minimum Gasteiger partial charge on any atom is -0.490 e. The number of hydrogen-bond acceptors (Lipinski definition) is 4. The lowest BCUT2D eigenvalue weighted by Gasteiger charge is -2.10. The zero-order chi connectivity index (χ0) is 14.5. The lowest BCUT2D eigenvalue weighted by Crippen LogP contribution is -2.12. The van der Waals surface area contributed by atoms with Crippen LogP contribution < -0.4 is 4.74 Å². The molecule has 19 heavy (non-hydrogen) atoms. The van der Waals surface area contributed by atoms with Gasteiger partial charge in [0, 0.05) is 5.75 Å². The van der Waals surface area contributed by atoms with Crippen LogP contribution in [0.15, 0.2) is 18.2 Å². The summed E-state index contributed by atoms with van der Waals surface area (Å²) in [5.41, 5.74) is 0.471. The number of ether oxygens (including phenoxy) is 1. The van der Waals surface area contributed by atoms with E-state index in [0.29, 0.717) is 12.0 Å². The van der Waals surface area contributed by atoms with Crippen LogP contribution >= 0.6 is 0 Å². The molecule has 0 bridgehead atoms. The molecule has 6 heteroatoms. The van der Waals surface area contributed by atoms with Gasteiger partial charge in [0.2, 0.25) is 0 Å². The van der Waals surface area contributed by atoms with Crippen LogP contribution in [-0.4, -0.2) is 31.6 Å². The Labute approximate surface area is 113 Å². The first-order chi connectivity index (χ1) is 8.85. The fraction of sp³-hybridized carbons (Fsp3) is 0.538. The van der Waals surface area contributed by atoms with E-state index in [1.54, 1.807) is 19.9 Å². The molecule has 0 heterocycles. The minimum absolute atomic E-state index is 0.0386. The molecule has 0 amide bonds. The molecule has 0 aliphatic rings. The Morgan fingerprint density at radius 1 is 1.42 bits per heavy atom. The van der Waals surface area contributed by atoms with Crippen LogP contribution in [0.4, 0.5) is 4.39 Å². The Morgan fingerprint density at radius 3 is 2.63 bits per heavy atom. The van der Waals surface area contributed by atoms with Gasteiger partial charge < -0.3 is 9.84 Å². The monoisotopic (exact) mass is 290 g/mol. The fourth-order valence-corrected chi connectivity index (χ4v) is 2.35. The molecule has 108 valence electrons. The smallest absolute Gasteiger partial charge is 0.165 e. The number of sulfone groups is 1. The zero-order valence-corrected chi connectivity index (χ0v) is 11.9. The lowest BCUT2D eigenvalue weighted by molar-refractivity contribution is 0.198. The Balaban J connectivity index is 2.50. The van der Waals surface area contributed by atoms with E-state index in [2.05, 4.69) is 0 Å². The second kappa shape index (κ2) is 6.86. The summed E-state index contributed by atoms with van der Waals surface area (Å²) in [6.45, 7) is 3.28. The Morgan fingerprint density at radius 2 is 2.11 bits per heavy atom. The third kappa shape index (κ3) is 5.16. The Hall–Kier alpha value is -1.14. The molecule has 0 spiro atoms. The SMILES string of the molecule is CCS(=O)(=O)CCCOc1ccc(C(C)O)cc1F. The van der Waals surface area contributed by atoms with Crippen molar-refractivity contribution in [1.29, 1.82) is 0 Å². The first-order valence-electron chi connectivity index (χ1n) is 6.16. The predicted octanol–water partition coefficient (Wildman–Crippen LogP) is 2.08. The van der Waals surface area contributed by atoms with E-state index >= 15 is 0 Å². The second-order valence-corrected chi connectivity index (χ2v) is 6.78. The third-order valence-corrected chi connectivity index (χ3v) is 4.53. The summed E-state index contributed by atoms with van der Waals surface area (Å²) in [4.78, 5) is 0. The van der Waals surface area contributed by atoms with Gasteiger partial charge in [0.15, 0.2) is 11.6 Å². The van der Waals surface area contributed by atoms with Crippen molar-refractivity contribution < 1.29 is 22.7 Å². The Kier molecular flexibility index (Phi) is 5.75. The molecular weight excluding hydrogens is 271 g/mol. The van der Waals surface area contributed by atoms with Gasteiger partial charge in [-0.3, -0.25) is 0 Å². The number of rotatable bonds is 7. The highest BCUT2D eigenvalue weighted by atomic mass is 32.2. The molecule has 0 radical (unpaired) electrons. The first kappa shape index (κ1) is 15.9. The van der Waals surface area contributed by atoms with Crippen molar-refractivity contribution in [2.45, 2.75) is 26.4 Å². The van der Waals surface area contributed by atoms with E-state index in [1.165, 1.54) is 12.1 Å². The van der Waals surface area contributed by atoms with Crippen molar-refractivity contribution in [1.82, 2.24) is 0 Å². The molecule has 0 fully saturated rings. The van der Waals surface area contributed by atoms with Crippen LogP contribution in [0.3, 0.4) is 0 Å². The van der Waals surface area contributed by atoms with Crippen LogP contribution in [0.5, 0.6) is 5.75 Å². The van der Waals surface area contributed by atoms with Crippen LogP contribution in [0, 0.1) is 5.82 Å². The van der Waals surface area contributed by atoms with Gasteiger partial charge in [-0.05, 0) is 31.0 Å². The normalized spacial score (nSPS) is 13.3. The summed E-state index contributed by atoms with van der Waals surface area (Å²) in [5, 5.41) is 9.30. The van der Waals surface area contributed by atoms with Gasteiger partial charge in [-0.1, -0.05) is 13.0 Å². The first-order valence-corrected chi connectivity index (χ1v) is 7.98. The highest BCUT2D eigenvalue weighted by molar-refractivity contribution is 7.91. The maximum absolute atomic E-state index is 13.6. The lowest BCUT2D eigenvalue weighted by atomic mass is 10.1. The number of halogens is 1. The van der Waals surface area contributed by atoms with Gasteiger partial charge in [-0.15, -0.1) is 0 Å². The van der Waals surface area contributed by atoms with Crippen molar-refractivity contribution in [3.05, 3.63) is 29.6 Å². The molecule has 1 unspecified atom stereocenters. The van der Waals surface area contributed by atoms with Gasteiger partial charge in [0.05, 0.1) is 18.5 Å². The summed E-state index contributed by atoms with van der Waals surface area (Å²) < 4.78 is 41.3. The molecule has 0 aliphatic carbocycles. The number of hydrogen-bond donors (Lipinski definition) is 1. The van der Waals surface area contributed by atoms with Gasteiger partial charge in [0.1, 0.15) is 9.84 Å². The molecule has 1 rings (SSSR count). The molecule has 1 aromatic rings. The van der Waals surface area contributed by atoms with E-state index in [0.717, 1.165) is 0 Å². The predicted molar refractivity (Wildman–Crippen MR) is 71.5 cm³/mol. The standard InChI is InChI=1S/C13H19FO4S/c1-3-19(16,17)8-4-7-18-13-6-5-11(10(2)15)9-12(13)14/h5-6,9-10,15H,3-4,7-8H2,1-2H3. The summed E-state index contributed by atoms with van der Waals surface area (Å²) in [6, 6.07) is 4.22. The Bertz CT molecular complexity index is 511. The highest BCUT2D eigenvalue weighted by Gasteiger charge is 2.09. The highest BCUT2D eigenvalue weighted by Crippen LogP contribution is 2.22.